The molecule has 13 heteroatoms. The smallest absolute Gasteiger partial charge is 0.320 e. The Morgan fingerprint density at radius 2 is 1.04 bits per heavy atom. The van der Waals surface area contributed by atoms with Crippen molar-refractivity contribution >= 4 is 55.7 Å². The second kappa shape index (κ2) is 14.0. The van der Waals surface area contributed by atoms with Crippen LogP contribution in [0.4, 0.5) is 5.69 Å². The second-order valence-corrected chi connectivity index (χ2v) is 23.1. The zero-order valence-electron chi connectivity index (χ0n) is 33.4. The van der Waals surface area contributed by atoms with Crippen molar-refractivity contribution in [3.63, 3.8) is 0 Å². The Morgan fingerprint density at radius 1 is 0.630 bits per heavy atom. The molecule has 0 fully saturated rings. The summed E-state index contributed by atoms with van der Waals surface area (Å²) in [5, 5.41) is 13.2. The van der Waals surface area contributed by atoms with E-state index >= 15 is 4.21 Å². The Morgan fingerprint density at radius 3 is 1.41 bits per heavy atom. The van der Waals surface area contributed by atoms with E-state index in [9.17, 15) is 18.5 Å². The van der Waals surface area contributed by atoms with E-state index in [2.05, 4.69) is 116 Å². The lowest BCUT2D eigenvalue weighted by Crippen LogP contribution is -2.17. The molecule has 0 aliphatic carbocycles. The standard InChI is InChI=1S/C41H52N3O7PS2/c1-26-14-18-31(19-15-26)54(48,49)43-53(47,30-20-16-29(17-21-30)44(45)46)42-52-50-36-32(22-27(38(2,3)4)24-34(36)40(8,9)10)33-23-28(39(5,6)7)25-35(37(33)51-52)41(11,12)13/h14-25H,1-13H3,(H,42,43,47). The highest BCUT2D eigenvalue weighted by molar-refractivity contribution is 8.06. The molecular weight excluding hydrogens is 742 g/mol. The summed E-state index contributed by atoms with van der Waals surface area (Å²) in [6.45, 7) is 27.3. The van der Waals surface area contributed by atoms with Gasteiger partial charge < -0.3 is 8.39 Å². The summed E-state index contributed by atoms with van der Waals surface area (Å²) in [5.74, 6) is 0. The van der Waals surface area contributed by atoms with Crippen LogP contribution in [0.5, 0.6) is 0 Å². The van der Waals surface area contributed by atoms with Crippen LogP contribution in [0.2, 0.25) is 0 Å². The summed E-state index contributed by atoms with van der Waals surface area (Å²) in [4.78, 5) is 10.7. The fourth-order valence-corrected chi connectivity index (χ4v) is 11.4. The van der Waals surface area contributed by atoms with Crippen LogP contribution < -0.4 is 4.49 Å². The van der Waals surface area contributed by atoms with Crippen LogP contribution in [0.1, 0.15) is 111 Å². The number of hydrogen-bond donors (Lipinski definition) is 1. The average Bonchev–Trinajstić information content (AvgIpc) is 3.18. The van der Waals surface area contributed by atoms with E-state index in [0.717, 1.165) is 50.7 Å². The maximum Gasteiger partial charge on any atom is 0.320 e. The first-order chi connectivity index (χ1) is 24.6. The lowest BCUT2D eigenvalue weighted by atomic mass is 9.77. The van der Waals surface area contributed by atoms with Crippen LogP contribution in [0.15, 0.2) is 94.7 Å². The van der Waals surface area contributed by atoms with E-state index in [1.807, 2.05) is 6.92 Å². The SMILES string of the molecule is Cc1ccc(S(=O)(=O)N=S(=O)(Np2oc3c(C(C)(C)C)cc(C(C)(C)C)cc3c3cc(C(C)(C)C)cc(C(C)(C)C)c3o2)c2ccc([N+](=O)[O-])cc2)cc1. The molecule has 290 valence electrons. The van der Waals surface area contributed by atoms with Gasteiger partial charge in [-0.25, -0.2) is 4.21 Å². The number of nitro benzene ring substituents is 1. The molecular formula is C41H52N3O7PS2. The van der Waals surface area contributed by atoms with Gasteiger partial charge in [0, 0.05) is 34.0 Å². The Bertz CT molecular complexity index is 2450. The molecule has 0 aliphatic heterocycles. The number of hydrogen-bond acceptors (Lipinski definition) is 7. The van der Waals surface area contributed by atoms with Gasteiger partial charge in [-0.3, -0.25) is 10.1 Å². The van der Waals surface area contributed by atoms with Gasteiger partial charge in [-0.15, -0.1) is 4.49 Å². The number of aryl methyl sites for hydroxylation is 1. The number of nitrogens with one attached hydrogen (secondary N) is 1. The summed E-state index contributed by atoms with van der Waals surface area (Å²) in [7, 11) is -11.2. The molecule has 0 spiro atoms. The minimum absolute atomic E-state index is 0.0959. The van der Waals surface area contributed by atoms with E-state index in [4.69, 9.17) is 8.39 Å². The van der Waals surface area contributed by atoms with Gasteiger partial charge in [0.05, 0.1) is 14.7 Å². The predicted octanol–water partition coefficient (Wildman–Crippen LogP) is 12.1. The number of non-ortho nitro benzene ring substituents is 1. The van der Waals surface area contributed by atoms with Crippen molar-refractivity contribution in [1.82, 2.24) is 0 Å². The lowest BCUT2D eigenvalue weighted by molar-refractivity contribution is -0.384. The van der Waals surface area contributed by atoms with E-state index in [1.54, 1.807) is 12.1 Å². The summed E-state index contributed by atoms with van der Waals surface area (Å²) >= 11 is 0. The lowest BCUT2D eigenvalue weighted by Gasteiger charge is -2.27. The molecule has 1 aromatic heterocycles. The third-order valence-corrected chi connectivity index (χ3v) is 14.9. The molecule has 1 heterocycles. The van der Waals surface area contributed by atoms with E-state index in [-0.39, 0.29) is 26.3 Å². The van der Waals surface area contributed by atoms with Gasteiger partial charge >= 0.3 is 8.16 Å². The number of fused-ring (bicyclic) bond motifs is 3. The summed E-state index contributed by atoms with van der Waals surface area (Å²) in [6, 6.07) is 19.4. The zero-order chi connectivity index (χ0) is 40.4. The van der Waals surface area contributed by atoms with Gasteiger partial charge in [0.25, 0.3) is 15.7 Å². The minimum atomic E-state index is -4.54. The third kappa shape index (κ3) is 8.62. The van der Waals surface area contributed by atoms with Gasteiger partial charge in [0.2, 0.25) is 0 Å². The number of sulfonamides is 1. The van der Waals surface area contributed by atoms with Crippen LogP contribution in [0.25, 0.3) is 21.9 Å². The first kappa shape index (κ1) is 41.2. The molecule has 0 aliphatic rings. The van der Waals surface area contributed by atoms with Crippen LogP contribution >= 0.6 is 8.16 Å². The molecule has 0 saturated heterocycles. The van der Waals surface area contributed by atoms with Crippen molar-refractivity contribution in [3.05, 3.63) is 111 Å². The van der Waals surface area contributed by atoms with Crippen LogP contribution in [-0.2, 0) is 41.6 Å². The van der Waals surface area contributed by atoms with Gasteiger partial charge in [-0.05, 0) is 76.1 Å². The summed E-state index contributed by atoms with van der Waals surface area (Å²) < 4.78 is 63.7. The van der Waals surface area contributed by atoms with Crippen molar-refractivity contribution in [1.29, 1.82) is 0 Å². The highest BCUT2D eigenvalue weighted by Gasteiger charge is 2.30. The molecule has 5 aromatic rings. The normalized spacial score (nSPS) is 14.2. The van der Waals surface area contributed by atoms with E-state index < -0.39 is 43.9 Å². The minimum Gasteiger partial charge on any atom is -0.407 e. The second-order valence-electron chi connectivity index (χ2n) is 18.0. The molecule has 1 atom stereocenters. The largest absolute Gasteiger partial charge is 0.407 e. The number of nitro groups is 1. The predicted molar refractivity (Wildman–Crippen MR) is 221 cm³/mol. The quantitative estimate of drug-likeness (QED) is 0.133. The maximum atomic E-state index is 15.3. The first-order valence-corrected chi connectivity index (χ1v) is 21.9. The van der Waals surface area contributed by atoms with E-state index in [1.165, 1.54) is 24.3 Å². The molecule has 0 amide bonds. The Kier molecular flexibility index (Phi) is 10.7. The highest BCUT2D eigenvalue weighted by atomic mass is 32.3. The van der Waals surface area contributed by atoms with Crippen LogP contribution in [0.3, 0.4) is 0 Å². The average molecular weight is 794 g/mol. The number of rotatable bonds is 6. The van der Waals surface area contributed by atoms with Crippen molar-refractivity contribution < 1.29 is 25.9 Å². The Balaban J connectivity index is 2.00. The Labute approximate surface area is 320 Å². The van der Waals surface area contributed by atoms with E-state index in [0.29, 0.717) is 11.2 Å². The van der Waals surface area contributed by atoms with Gasteiger partial charge in [-0.1, -0.05) is 117 Å². The molecule has 0 saturated carbocycles. The molecule has 4 aromatic carbocycles. The molecule has 1 N–H and O–H groups in total. The molecule has 10 nitrogen and oxygen atoms in total. The van der Waals surface area contributed by atoms with Crippen LogP contribution in [0, 0.1) is 17.0 Å². The number of benzene rings is 4. The van der Waals surface area contributed by atoms with Crippen molar-refractivity contribution in [2.75, 3.05) is 4.49 Å². The Hall–Kier alpha value is -3.96. The zero-order valence-corrected chi connectivity index (χ0v) is 36.0. The first-order valence-electron chi connectivity index (χ1n) is 17.8. The topological polar surface area (TPSA) is 145 Å². The molecule has 0 bridgehead atoms. The van der Waals surface area contributed by atoms with Crippen molar-refractivity contribution in [3.8, 4) is 0 Å². The summed E-state index contributed by atoms with van der Waals surface area (Å²) in [5.41, 5.74) is 4.26. The summed E-state index contributed by atoms with van der Waals surface area (Å²) in [6.07, 6.45) is 0. The maximum absolute atomic E-state index is 15.3. The fraction of sp³-hybridized carbons (Fsp3) is 0.415. The van der Waals surface area contributed by atoms with Gasteiger partial charge in [0.1, 0.15) is 11.2 Å². The molecule has 5 rings (SSSR count). The third-order valence-electron chi connectivity index (χ3n) is 9.25. The van der Waals surface area contributed by atoms with Gasteiger partial charge in [0.15, 0.2) is 9.92 Å². The molecule has 0 radical (unpaired) electrons. The number of nitrogens with zero attached hydrogens (tertiary/aromatic N) is 2. The van der Waals surface area contributed by atoms with Gasteiger partial charge in [-0.2, -0.15) is 8.42 Å². The van der Waals surface area contributed by atoms with Crippen molar-refractivity contribution in [2.24, 2.45) is 3.77 Å². The molecule has 1 unspecified atom stereocenters. The van der Waals surface area contributed by atoms with Crippen LogP contribution in [-0.4, -0.2) is 17.6 Å². The molecule has 54 heavy (non-hydrogen) atoms. The highest BCUT2D eigenvalue weighted by Crippen LogP contribution is 2.45. The monoisotopic (exact) mass is 793 g/mol. The van der Waals surface area contributed by atoms with Crippen molar-refractivity contribution in [2.45, 2.75) is 121 Å². The fourth-order valence-electron chi connectivity index (χ4n) is 5.91.